The summed E-state index contributed by atoms with van der Waals surface area (Å²) in [5, 5.41) is 18.3. The number of carbonyl (C=O) groups is 1. The molecule has 1 unspecified atom stereocenters. The standard InChI is InChI=1S/C19H22ClN5O2S/c1-13(2)16(11-21)24-7-9-25(10-8-24)17(26)12-28-19-23-22-18(27-19)14-3-5-15(20)6-4-14/h3-6,13,16H,7-10,12H2,1-2H3. The molecule has 9 heteroatoms. The number of nitrogens with zero attached hydrogens (tertiary/aromatic N) is 5. The van der Waals surface area contributed by atoms with E-state index in [1.807, 2.05) is 18.7 Å². The molecule has 7 nitrogen and oxygen atoms in total. The normalized spacial score (nSPS) is 16.2. The summed E-state index contributed by atoms with van der Waals surface area (Å²) in [6.45, 7) is 6.78. The van der Waals surface area contributed by atoms with Crippen LogP contribution in [-0.2, 0) is 4.79 Å². The summed E-state index contributed by atoms with van der Waals surface area (Å²) in [6, 6.07) is 9.39. The maximum atomic E-state index is 12.5. The highest BCUT2D eigenvalue weighted by atomic mass is 35.5. The molecule has 0 saturated carbocycles. The average Bonchev–Trinajstić information content (AvgIpc) is 3.16. The minimum Gasteiger partial charge on any atom is -0.411 e. The van der Waals surface area contributed by atoms with Crippen molar-refractivity contribution < 1.29 is 9.21 Å². The van der Waals surface area contributed by atoms with E-state index in [2.05, 4.69) is 21.2 Å². The Morgan fingerprint density at radius 1 is 1.25 bits per heavy atom. The van der Waals surface area contributed by atoms with E-state index in [0.29, 0.717) is 42.3 Å². The van der Waals surface area contributed by atoms with E-state index in [1.165, 1.54) is 11.8 Å². The number of thioether (sulfide) groups is 1. The third-order valence-electron chi connectivity index (χ3n) is 4.64. The second kappa shape index (κ2) is 9.41. The van der Waals surface area contributed by atoms with Gasteiger partial charge in [0.1, 0.15) is 6.04 Å². The number of hydrogen-bond donors (Lipinski definition) is 0. The van der Waals surface area contributed by atoms with E-state index < -0.39 is 0 Å². The molecule has 3 rings (SSSR count). The maximum absolute atomic E-state index is 12.5. The third-order valence-corrected chi connectivity index (χ3v) is 5.70. The lowest BCUT2D eigenvalue weighted by Crippen LogP contribution is -2.53. The molecule has 1 amide bonds. The third kappa shape index (κ3) is 5.04. The Balaban J connectivity index is 1.49. The number of nitriles is 1. The number of hydrogen-bond acceptors (Lipinski definition) is 7. The molecule has 1 saturated heterocycles. The lowest BCUT2D eigenvalue weighted by molar-refractivity contribution is -0.130. The Labute approximate surface area is 173 Å². The molecule has 148 valence electrons. The number of carbonyl (C=O) groups excluding carboxylic acids is 1. The average molecular weight is 420 g/mol. The lowest BCUT2D eigenvalue weighted by atomic mass is 10.0. The van der Waals surface area contributed by atoms with Crippen molar-refractivity contribution in [2.75, 3.05) is 31.9 Å². The molecule has 1 aliphatic heterocycles. The fourth-order valence-electron chi connectivity index (χ4n) is 3.09. The molecule has 1 aromatic carbocycles. The fraction of sp³-hybridized carbons (Fsp3) is 0.474. The van der Waals surface area contributed by atoms with Crippen LogP contribution in [0.2, 0.25) is 5.02 Å². The van der Waals surface area contributed by atoms with Gasteiger partial charge < -0.3 is 9.32 Å². The SMILES string of the molecule is CC(C)C(C#N)N1CCN(C(=O)CSc2nnc(-c3ccc(Cl)cc3)o2)CC1. The second-order valence-electron chi connectivity index (χ2n) is 6.90. The Hall–Kier alpha value is -2.08. The summed E-state index contributed by atoms with van der Waals surface area (Å²) in [6.07, 6.45) is 0. The summed E-state index contributed by atoms with van der Waals surface area (Å²) in [5.41, 5.74) is 0.781. The lowest BCUT2D eigenvalue weighted by Gasteiger charge is -2.38. The second-order valence-corrected chi connectivity index (χ2v) is 8.27. The van der Waals surface area contributed by atoms with Crippen LogP contribution in [0.4, 0.5) is 0 Å². The molecular weight excluding hydrogens is 398 g/mol. The first kappa shape index (κ1) is 20.6. The van der Waals surface area contributed by atoms with Gasteiger partial charge in [-0.15, -0.1) is 10.2 Å². The summed E-state index contributed by atoms with van der Waals surface area (Å²) < 4.78 is 5.62. The summed E-state index contributed by atoms with van der Waals surface area (Å²) in [4.78, 5) is 16.5. The molecule has 0 bridgehead atoms. The predicted molar refractivity (Wildman–Crippen MR) is 108 cm³/mol. The van der Waals surface area contributed by atoms with Crippen LogP contribution in [-0.4, -0.2) is 63.9 Å². The van der Waals surface area contributed by atoms with Gasteiger partial charge in [0.05, 0.1) is 11.8 Å². The Morgan fingerprint density at radius 2 is 1.93 bits per heavy atom. The van der Waals surface area contributed by atoms with Crippen molar-refractivity contribution in [3.8, 4) is 17.5 Å². The van der Waals surface area contributed by atoms with Crippen molar-refractivity contribution in [3.05, 3.63) is 29.3 Å². The molecule has 1 aromatic heterocycles. The van der Waals surface area contributed by atoms with Crippen molar-refractivity contribution in [1.82, 2.24) is 20.0 Å². The van der Waals surface area contributed by atoms with Crippen LogP contribution >= 0.6 is 23.4 Å². The highest BCUT2D eigenvalue weighted by Crippen LogP contribution is 2.24. The number of rotatable bonds is 6. The van der Waals surface area contributed by atoms with Crippen molar-refractivity contribution in [1.29, 1.82) is 5.26 Å². The minimum absolute atomic E-state index is 0.0361. The van der Waals surface area contributed by atoms with E-state index >= 15 is 0 Å². The molecular formula is C19H22ClN5O2S. The zero-order chi connectivity index (χ0) is 20.1. The van der Waals surface area contributed by atoms with Crippen molar-refractivity contribution in [2.45, 2.75) is 25.1 Å². The van der Waals surface area contributed by atoms with Crippen LogP contribution in [0.3, 0.4) is 0 Å². The molecule has 1 aliphatic rings. The molecule has 0 spiro atoms. The topological polar surface area (TPSA) is 86.3 Å². The Morgan fingerprint density at radius 3 is 2.54 bits per heavy atom. The highest BCUT2D eigenvalue weighted by molar-refractivity contribution is 7.99. The van der Waals surface area contributed by atoms with Crippen LogP contribution in [0, 0.1) is 17.2 Å². The van der Waals surface area contributed by atoms with Gasteiger partial charge in [-0.1, -0.05) is 37.2 Å². The van der Waals surface area contributed by atoms with Crippen molar-refractivity contribution in [2.24, 2.45) is 5.92 Å². The largest absolute Gasteiger partial charge is 0.411 e. The molecule has 28 heavy (non-hydrogen) atoms. The number of piperazine rings is 1. The number of amides is 1. The first-order valence-corrected chi connectivity index (χ1v) is 10.5. The molecule has 0 aliphatic carbocycles. The van der Waals surface area contributed by atoms with Gasteiger partial charge in [0.15, 0.2) is 0 Å². The van der Waals surface area contributed by atoms with E-state index in [9.17, 15) is 10.1 Å². The number of halogens is 1. The number of aromatic nitrogens is 2. The molecule has 1 atom stereocenters. The van der Waals surface area contributed by atoms with E-state index in [-0.39, 0.29) is 23.6 Å². The maximum Gasteiger partial charge on any atom is 0.277 e. The van der Waals surface area contributed by atoms with Gasteiger partial charge in [-0.05, 0) is 30.2 Å². The highest BCUT2D eigenvalue weighted by Gasteiger charge is 2.27. The molecule has 2 heterocycles. The zero-order valence-corrected chi connectivity index (χ0v) is 17.4. The van der Waals surface area contributed by atoms with Gasteiger partial charge in [-0.3, -0.25) is 9.69 Å². The van der Waals surface area contributed by atoms with E-state index in [1.54, 1.807) is 24.3 Å². The van der Waals surface area contributed by atoms with Crippen LogP contribution in [0.15, 0.2) is 33.9 Å². The van der Waals surface area contributed by atoms with Crippen molar-refractivity contribution in [3.63, 3.8) is 0 Å². The zero-order valence-electron chi connectivity index (χ0n) is 15.8. The predicted octanol–water partition coefficient (Wildman–Crippen LogP) is 3.17. The first-order valence-electron chi connectivity index (χ1n) is 9.11. The number of benzene rings is 1. The van der Waals surface area contributed by atoms with Crippen LogP contribution in [0.5, 0.6) is 0 Å². The minimum atomic E-state index is -0.101. The van der Waals surface area contributed by atoms with E-state index in [0.717, 1.165) is 5.56 Å². The van der Waals surface area contributed by atoms with Crippen LogP contribution in [0.25, 0.3) is 11.5 Å². The Bertz CT molecular complexity index is 841. The van der Waals surface area contributed by atoms with Crippen LogP contribution in [0.1, 0.15) is 13.8 Å². The first-order chi connectivity index (χ1) is 13.5. The summed E-state index contributed by atoms with van der Waals surface area (Å²) in [7, 11) is 0. The monoisotopic (exact) mass is 419 g/mol. The molecule has 1 fully saturated rings. The summed E-state index contributed by atoms with van der Waals surface area (Å²) in [5.74, 6) is 0.953. The van der Waals surface area contributed by atoms with E-state index in [4.69, 9.17) is 16.0 Å². The van der Waals surface area contributed by atoms with Gasteiger partial charge in [-0.25, -0.2) is 0 Å². The molecule has 2 aromatic rings. The molecule has 0 N–H and O–H groups in total. The Kier molecular flexibility index (Phi) is 6.94. The van der Waals surface area contributed by atoms with Gasteiger partial charge in [0.2, 0.25) is 11.8 Å². The van der Waals surface area contributed by atoms with Gasteiger partial charge in [0.25, 0.3) is 5.22 Å². The smallest absolute Gasteiger partial charge is 0.277 e. The molecule has 0 radical (unpaired) electrons. The van der Waals surface area contributed by atoms with Crippen molar-refractivity contribution >= 4 is 29.3 Å². The van der Waals surface area contributed by atoms with Crippen LogP contribution < -0.4 is 0 Å². The van der Waals surface area contributed by atoms with Gasteiger partial charge in [-0.2, -0.15) is 5.26 Å². The van der Waals surface area contributed by atoms with Gasteiger partial charge >= 0.3 is 0 Å². The summed E-state index contributed by atoms with van der Waals surface area (Å²) >= 11 is 7.11. The fourth-order valence-corrected chi connectivity index (χ4v) is 3.89. The quantitative estimate of drug-likeness (QED) is 0.664. The van der Waals surface area contributed by atoms with Gasteiger partial charge in [0, 0.05) is 36.8 Å².